The van der Waals surface area contributed by atoms with Gasteiger partial charge in [-0.25, -0.2) is 0 Å². The summed E-state index contributed by atoms with van der Waals surface area (Å²) in [5, 5.41) is 10.00. The Balaban J connectivity index is 2.42. The number of rotatable bonds is 7. The molecule has 0 bridgehead atoms. The Labute approximate surface area is 105 Å². The molecule has 0 radical (unpaired) electrons. The van der Waals surface area contributed by atoms with E-state index in [0.717, 1.165) is 32.5 Å². The highest BCUT2D eigenvalue weighted by atomic mass is 16.5. The van der Waals surface area contributed by atoms with E-state index in [0.29, 0.717) is 0 Å². The number of hydrogen-bond acceptors (Lipinski definition) is 2. The smallest absolute Gasteiger partial charge is 0.0581 e. The van der Waals surface area contributed by atoms with Gasteiger partial charge in [-0.1, -0.05) is 18.2 Å². The Morgan fingerprint density at radius 3 is 2.47 bits per heavy atom. The summed E-state index contributed by atoms with van der Waals surface area (Å²) in [6, 6.07) is 6.28. The quantitative estimate of drug-likeness (QED) is 0.737. The van der Waals surface area contributed by atoms with Crippen LogP contribution in [0.25, 0.3) is 0 Å². The zero-order chi connectivity index (χ0) is 12.7. The van der Waals surface area contributed by atoms with Gasteiger partial charge < -0.3 is 9.84 Å². The van der Waals surface area contributed by atoms with Gasteiger partial charge in [0.05, 0.1) is 6.10 Å². The molecule has 0 fully saturated rings. The van der Waals surface area contributed by atoms with Gasteiger partial charge in [0, 0.05) is 13.2 Å². The topological polar surface area (TPSA) is 29.5 Å². The van der Waals surface area contributed by atoms with E-state index in [-0.39, 0.29) is 6.10 Å². The van der Waals surface area contributed by atoms with E-state index in [2.05, 4.69) is 32.0 Å². The summed E-state index contributed by atoms with van der Waals surface area (Å²) in [7, 11) is 0. The molecular weight excluding hydrogens is 212 g/mol. The molecule has 0 amide bonds. The Kier molecular flexibility index (Phi) is 6.23. The summed E-state index contributed by atoms with van der Waals surface area (Å²) in [6.07, 6.45) is 2.24. The van der Waals surface area contributed by atoms with Crippen molar-refractivity contribution in [2.75, 3.05) is 13.2 Å². The average molecular weight is 236 g/mol. The van der Waals surface area contributed by atoms with Crippen LogP contribution in [0.5, 0.6) is 0 Å². The van der Waals surface area contributed by atoms with Gasteiger partial charge in [-0.05, 0) is 56.7 Å². The van der Waals surface area contributed by atoms with Crippen molar-refractivity contribution in [3.8, 4) is 0 Å². The van der Waals surface area contributed by atoms with E-state index in [1.54, 1.807) is 0 Å². The van der Waals surface area contributed by atoms with Crippen LogP contribution in [0.1, 0.15) is 36.5 Å². The van der Waals surface area contributed by atoms with Crippen LogP contribution in [-0.4, -0.2) is 24.4 Å². The first-order chi connectivity index (χ1) is 8.15. The molecule has 0 spiro atoms. The number of benzene rings is 1. The van der Waals surface area contributed by atoms with Crippen LogP contribution >= 0.6 is 0 Å². The van der Waals surface area contributed by atoms with Crippen LogP contribution in [0.15, 0.2) is 18.2 Å². The lowest BCUT2D eigenvalue weighted by Crippen LogP contribution is -2.13. The fraction of sp³-hybridized carbons (Fsp3) is 0.600. The number of aliphatic hydroxyl groups is 1. The molecule has 0 aliphatic carbocycles. The van der Waals surface area contributed by atoms with E-state index >= 15 is 0 Å². The third-order valence-corrected chi connectivity index (χ3v) is 3.11. The lowest BCUT2D eigenvalue weighted by atomic mass is 9.96. The van der Waals surface area contributed by atoms with Crippen molar-refractivity contribution < 1.29 is 9.84 Å². The summed E-state index contributed by atoms with van der Waals surface area (Å²) >= 11 is 0. The molecule has 2 nitrogen and oxygen atoms in total. The molecule has 0 aliphatic heterocycles. The minimum atomic E-state index is -0.254. The molecule has 96 valence electrons. The van der Waals surface area contributed by atoms with Gasteiger partial charge in [0.1, 0.15) is 0 Å². The molecule has 2 heteroatoms. The maximum atomic E-state index is 10.00. The van der Waals surface area contributed by atoms with Gasteiger partial charge in [0.15, 0.2) is 0 Å². The minimum absolute atomic E-state index is 0.254. The summed E-state index contributed by atoms with van der Waals surface area (Å²) in [6.45, 7) is 7.71. The van der Waals surface area contributed by atoms with Crippen LogP contribution in [0, 0.1) is 13.8 Å². The van der Waals surface area contributed by atoms with Crippen molar-refractivity contribution in [3.05, 3.63) is 34.9 Å². The number of hydrogen-bond donors (Lipinski definition) is 1. The largest absolute Gasteiger partial charge is 0.393 e. The van der Waals surface area contributed by atoms with Crippen LogP contribution in [-0.2, 0) is 11.2 Å². The third kappa shape index (κ3) is 4.88. The lowest BCUT2D eigenvalue weighted by Gasteiger charge is -2.14. The standard InChI is InChI=1S/C15H24O2/c1-4-17-10-6-9-14(16)11-15-12(2)7-5-8-13(15)3/h5,7-8,14,16H,4,6,9-11H2,1-3H3. The maximum absolute atomic E-state index is 10.00. The third-order valence-electron chi connectivity index (χ3n) is 3.11. The van der Waals surface area contributed by atoms with Crippen LogP contribution in [0.2, 0.25) is 0 Å². The highest BCUT2D eigenvalue weighted by molar-refractivity contribution is 5.33. The van der Waals surface area contributed by atoms with Crippen molar-refractivity contribution in [1.29, 1.82) is 0 Å². The van der Waals surface area contributed by atoms with Gasteiger partial charge in [0.2, 0.25) is 0 Å². The fourth-order valence-electron chi connectivity index (χ4n) is 2.07. The number of ether oxygens (including phenoxy) is 1. The normalized spacial score (nSPS) is 12.7. The van der Waals surface area contributed by atoms with E-state index in [1.165, 1.54) is 16.7 Å². The Morgan fingerprint density at radius 2 is 1.88 bits per heavy atom. The summed E-state index contributed by atoms with van der Waals surface area (Å²) < 4.78 is 5.27. The second kappa shape index (κ2) is 7.46. The second-order valence-corrected chi connectivity index (χ2v) is 4.57. The molecule has 0 heterocycles. The SMILES string of the molecule is CCOCCCC(O)Cc1c(C)cccc1C. The first kappa shape index (κ1) is 14.2. The monoisotopic (exact) mass is 236 g/mol. The van der Waals surface area contributed by atoms with Crippen molar-refractivity contribution >= 4 is 0 Å². The predicted molar refractivity (Wildman–Crippen MR) is 71.4 cm³/mol. The highest BCUT2D eigenvalue weighted by Crippen LogP contribution is 2.16. The Morgan fingerprint density at radius 1 is 1.24 bits per heavy atom. The molecule has 0 aliphatic rings. The zero-order valence-corrected chi connectivity index (χ0v) is 11.2. The molecule has 17 heavy (non-hydrogen) atoms. The first-order valence-electron chi connectivity index (χ1n) is 6.46. The molecule has 0 saturated heterocycles. The Hall–Kier alpha value is -0.860. The lowest BCUT2D eigenvalue weighted by molar-refractivity contribution is 0.114. The van der Waals surface area contributed by atoms with Crippen molar-refractivity contribution in [2.45, 2.75) is 46.1 Å². The first-order valence-corrected chi connectivity index (χ1v) is 6.46. The summed E-state index contributed by atoms with van der Waals surface area (Å²) in [5.74, 6) is 0. The Bertz CT molecular complexity index is 313. The summed E-state index contributed by atoms with van der Waals surface area (Å²) in [4.78, 5) is 0. The van der Waals surface area contributed by atoms with Crippen LogP contribution in [0.3, 0.4) is 0 Å². The van der Waals surface area contributed by atoms with E-state index < -0.39 is 0 Å². The highest BCUT2D eigenvalue weighted by Gasteiger charge is 2.09. The molecular formula is C15H24O2. The van der Waals surface area contributed by atoms with Gasteiger partial charge in [0.25, 0.3) is 0 Å². The van der Waals surface area contributed by atoms with Gasteiger partial charge in [-0.2, -0.15) is 0 Å². The van der Waals surface area contributed by atoms with Crippen LogP contribution in [0.4, 0.5) is 0 Å². The van der Waals surface area contributed by atoms with Crippen molar-refractivity contribution in [2.24, 2.45) is 0 Å². The molecule has 1 rings (SSSR count). The molecule has 0 saturated carbocycles. The van der Waals surface area contributed by atoms with E-state index in [9.17, 15) is 5.11 Å². The number of aryl methyl sites for hydroxylation is 2. The van der Waals surface area contributed by atoms with E-state index in [1.807, 2.05) is 6.92 Å². The molecule has 1 N–H and O–H groups in total. The van der Waals surface area contributed by atoms with Crippen molar-refractivity contribution in [1.82, 2.24) is 0 Å². The molecule has 1 aromatic rings. The predicted octanol–water partition coefficient (Wildman–Crippen LogP) is 3.02. The molecule has 1 unspecified atom stereocenters. The zero-order valence-electron chi connectivity index (χ0n) is 11.2. The summed E-state index contributed by atoms with van der Waals surface area (Å²) in [5.41, 5.74) is 3.83. The van der Waals surface area contributed by atoms with E-state index in [4.69, 9.17) is 4.74 Å². The molecule has 0 aromatic heterocycles. The number of aliphatic hydroxyl groups excluding tert-OH is 1. The molecule has 1 aromatic carbocycles. The van der Waals surface area contributed by atoms with Crippen molar-refractivity contribution in [3.63, 3.8) is 0 Å². The molecule has 1 atom stereocenters. The maximum Gasteiger partial charge on any atom is 0.0581 e. The fourth-order valence-corrected chi connectivity index (χ4v) is 2.07. The van der Waals surface area contributed by atoms with Crippen LogP contribution < -0.4 is 0 Å². The minimum Gasteiger partial charge on any atom is -0.393 e. The van der Waals surface area contributed by atoms with Gasteiger partial charge in [-0.15, -0.1) is 0 Å². The average Bonchev–Trinajstić information content (AvgIpc) is 2.30. The van der Waals surface area contributed by atoms with Gasteiger partial charge in [-0.3, -0.25) is 0 Å². The second-order valence-electron chi connectivity index (χ2n) is 4.57. The van der Waals surface area contributed by atoms with Gasteiger partial charge >= 0.3 is 0 Å².